The predicted octanol–water partition coefficient (Wildman–Crippen LogP) is 1.79. The maximum absolute atomic E-state index is 7.17. The van der Waals surface area contributed by atoms with Gasteiger partial charge in [-0.2, -0.15) is 0 Å². The fraction of sp³-hybridized carbons (Fsp3) is 0. The molecule has 6 nitrogen and oxygen atoms in total. The van der Waals surface area contributed by atoms with Crippen LogP contribution in [0.1, 0.15) is 0 Å². The molecular formula is C12H22BN3O3. The van der Waals surface area contributed by atoms with Gasteiger partial charge in [-0.25, -0.2) is 0 Å². The molecule has 0 aliphatic carbocycles. The van der Waals surface area contributed by atoms with Crippen molar-refractivity contribution in [1.29, 1.82) is 0 Å². The summed E-state index contributed by atoms with van der Waals surface area (Å²) in [5, 5.41) is 21.5. The van der Waals surface area contributed by atoms with Crippen molar-refractivity contribution >= 4 is 7.32 Å². The van der Waals surface area contributed by atoms with Crippen molar-refractivity contribution in [3.8, 4) is 11.1 Å². The summed E-state index contributed by atoms with van der Waals surface area (Å²) in [4.78, 5) is 0. The Balaban J connectivity index is -0.000000329. The summed E-state index contributed by atoms with van der Waals surface area (Å²) in [6, 6.07) is 20.8. The van der Waals surface area contributed by atoms with Crippen LogP contribution < -0.4 is 18.5 Å². The molecule has 0 fully saturated rings. The van der Waals surface area contributed by atoms with Crippen molar-refractivity contribution in [1.82, 2.24) is 18.5 Å². The topological polar surface area (TPSA) is 166 Å². The van der Waals surface area contributed by atoms with Crippen molar-refractivity contribution in [3.63, 3.8) is 0 Å². The Hall–Kier alpha value is -1.74. The van der Waals surface area contributed by atoms with Gasteiger partial charge >= 0.3 is 7.32 Å². The van der Waals surface area contributed by atoms with Crippen LogP contribution in [0, 0.1) is 0 Å². The zero-order valence-corrected chi connectivity index (χ0v) is 10.8. The highest BCUT2D eigenvalue weighted by atomic mass is 16.5. The molecule has 7 heteroatoms. The molecule has 106 valence electrons. The molecule has 12 N–H and O–H groups in total. The Kier molecular flexibility index (Phi) is 15.0. The van der Waals surface area contributed by atoms with E-state index in [0.717, 1.165) is 0 Å². The fourth-order valence-corrected chi connectivity index (χ4v) is 1.26. The molecule has 0 amide bonds. The molecule has 0 radical (unpaired) electrons. The zero-order chi connectivity index (χ0) is 11.8. The maximum Gasteiger partial charge on any atom is 0.631 e. The van der Waals surface area contributed by atoms with Gasteiger partial charge in [0.2, 0.25) is 0 Å². The molecule has 2 rings (SSSR count). The second kappa shape index (κ2) is 12.7. The summed E-state index contributed by atoms with van der Waals surface area (Å²) < 4.78 is 0. The van der Waals surface area contributed by atoms with E-state index in [1.54, 1.807) is 0 Å². The van der Waals surface area contributed by atoms with Crippen molar-refractivity contribution in [2.75, 3.05) is 0 Å². The molecule has 0 bridgehead atoms. The molecule has 0 saturated carbocycles. The summed E-state index contributed by atoms with van der Waals surface area (Å²) in [5.74, 6) is 0. The smallest absolute Gasteiger partial charge is 0.402 e. The van der Waals surface area contributed by atoms with E-state index in [1.165, 1.54) is 11.1 Å². The molecule has 0 aromatic heterocycles. The first-order valence-corrected chi connectivity index (χ1v) is 4.85. The summed E-state index contributed by atoms with van der Waals surface area (Å²) in [5.41, 5.74) is 2.55. The van der Waals surface area contributed by atoms with Crippen LogP contribution >= 0.6 is 0 Å². The zero-order valence-electron chi connectivity index (χ0n) is 10.8. The minimum Gasteiger partial charge on any atom is -0.402 e. The minimum absolute atomic E-state index is 0. The molecular weight excluding hydrogens is 245 g/mol. The van der Waals surface area contributed by atoms with Gasteiger partial charge in [0.1, 0.15) is 0 Å². The summed E-state index contributed by atoms with van der Waals surface area (Å²) in [6.07, 6.45) is 0. The minimum atomic E-state index is -2.17. The maximum atomic E-state index is 7.17. The van der Waals surface area contributed by atoms with Crippen molar-refractivity contribution < 1.29 is 15.1 Å². The first kappa shape index (κ1) is 22.4. The Morgan fingerprint density at radius 2 is 0.737 bits per heavy atom. The molecule has 0 heterocycles. The number of hydrogen-bond acceptors (Lipinski definition) is 6. The lowest BCUT2D eigenvalue weighted by Gasteiger charge is -1.98. The Morgan fingerprint density at radius 3 is 0.947 bits per heavy atom. The van der Waals surface area contributed by atoms with Crippen LogP contribution in [-0.4, -0.2) is 22.4 Å². The molecule has 0 unspecified atom stereocenters. The lowest BCUT2D eigenvalue weighted by atomic mass is 10.1. The van der Waals surface area contributed by atoms with Gasteiger partial charge in [-0.15, -0.1) is 0 Å². The second-order valence-electron chi connectivity index (χ2n) is 3.08. The van der Waals surface area contributed by atoms with E-state index in [2.05, 4.69) is 48.5 Å². The van der Waals surface area contributed by atoms with Crippen molar-refractivity contribution in [3.05, 3.63) is 60.7 Å². The van der Waals surface area contributed by atoms with Gasteiger partial charge in [0.15, 0.2) is 0 Å². The van der Waals surface area contributed by atoms with Gasteiger partial charge in [0.05, 0.1) is 0 Å². The van der Waals surface area contributed by atoms with Crippen LogP contribution in [0.25, 0.3) is 11.1 Å². The van der Waals surface area contributed by atoms with E-state index in [0.29, 0.717) is 0 Å². The molecule has 0 spiro atoms. The molecule has 0 saturated heterocycles. The number of hydrogen-bond donors (Lipinski definition) is 6. The lowest BCUT2D eigenvalue weighted by molar-refractivity contribution is 0.278. The Morgan fingerprint density at radius 1 is 0.526 bits per heavy atom. The SMILES string of the molecule is N.N.N.OB(O)O.c1ccc(-c2ccccc2)cc1. The molecule has 19 heavy (non-hydrogen) atoms. The highest BCUT2D eigenvalue weighted by Crippen LogP contribution is 2.17. The monoisotopic (exact) mass is 267 g/mol. The Labute approximate surface area is 113 Å². The van der Waals surface area contributed by atoms with Gasteiger partial charge < -0.3 is 33.5 Å². The summed E-state index contributed by atoms with van der Waals surface area (Å²) in [7, 11) is -2.17. The van der Waals surface area contributed by atoms with E-state index in [9.17, 15) is 0 Å². The van der Waals surface area contributed by atoms with Crippen LogP contribution in [0.4, 0.5) is 0 Å². The fourth-order valence-electron chi connectivity index (χ4n) is 1.26. The third-order valence-corrected chi connectivity index (χ3v) is 1.88. The van der Waals surface area contributed by atoms with E-state index < -0.39 is 7.32 Å². The lowest BCUT2D eigenvalue weighted by Crippen LogP contribution is -2.07. The molecule has 2 aromatic rings. The quantitative estimate of drug-likeness (QED) is 0.430. The van der Waals surface area contributed by atoms with E-state index in [-0.39, 0.29) is 18.5 Å². The predicted molar refractivity (Wildman–Crippen MR) is 79.4 cm³/mol. The van der Waals surface area contributed by atoms with Crippen LogP contribution in [0.5, 0.6) is 0 Å². The molecule has 2 aromatic carbocycles. The largest absolute Gasteiger partial charge is 0.631 e. The van der Waals surface area contributed by atoms with Crippen LogP contribution in [-0.2, 0) is 0 Å². The average molecular weight is 267 g/mol. The number of rotatable bonds is 1. The van der Waals surface area contributed by atoms with Gasteiger partial charge in [-0.1, -0.05) is 60.7 Å². The van der Waals surface area contributed by atoms with E-state index >= 15 is 0 Å². The first-order chi connectivity index (χ1) is 7.70. The van der Waals surface area contributed by atoms with E-state index in [4.69, 9.17) is 15.1 Å². The summed E-state index contributed by atoms with van der Waals surface area (Å²) in [6.45, 7) is 0. The van der Waals surface area contributed by atoms with Gasteiger partial charge in [-0.05, 0) is 11.1 Å². The van der Waals surface area contributed by atoms with Gasteiger partial charge in [0, 0.05) is 0 Å². The van der Waals surface area contributed by atoms with E-state index in [1.807, 2.05) is 12.1 Å². The average Bonchev–Trinajstić information content (AvgIpc) is 2.31. The Bertz CT molecular complexity index is 361. The third-order valence-electron chi connectivity index (χ3n) is 1.88. The van der Waals surface area contributed by atoms with Crippen LogP contribution in [0.3, 0.4) is 0 Å². The summed E-state index contributed by atoms with van der Waals surface area (Å²) >= 11 is 0. The first-order valence-electron chi connectivity index (χ1n) is 4.85. The standard InChI is InChI=1S/C12H10.BH3O3.3H3N/c1-3-7-11(8-4-1)12-9-5-2-6-10-12;2-1(3)4;;;/h1-10H;2-4H;3*1H3. The highest BCUT2D eigenvalue weighted by Gasteiger charge is 1.93. The molecule has 0 atom stereocenters. The number of benzene rings is 2. The van der Waals surface area contributed by atoms with Gasteiger partial charge in [0.25, 0.3) is 0 Å². The van der Waals surface area contributed by atoms with Crippen molar-refractivity contribution in [2.45, 2.75) is 0 Å². The van der Waals surface area contributed by atoms with Crippen LogP contribution in [0.2, 0.25) is 0 Å². The van der Waals surface area contributed by atoms with Gasteiger partial charge in [-0.3, -0.25) is 0 Å². The van der Waals surface area contributed by atoms with Crippen molar-refractivity contribution in [2.24, 2.45) is 0 Å². The molecule has 0 aliphatic heterocycles. The normalized spacial score (nSPS) is 7.53. The third kappa shape index (κ3) is 9.92. The van der Waals surface area contributed by atoms with Crippen LogP contribution in [0.15, 0.2) is 60.7 Å². The second-order valence-corrected chi connectivity index (χ2v) is 3.08. The highest BCUT2D eigenvalue weighted by molar-refractivity contribution is 6.30. The molecule has 0 aliphatic rings.